The van der Waals surface area contributed by atoms with Crippen LogP contribution in [0.1, 0.15) is 30.9 Å². The molecule has 118 valence electrons. The molecule has 2 aromatic rings. The number of benzene rings is 2. The van der Waals surface area contributed by atoms with Crippen LogP contribution < -0.4 is 24.8 Å². The van der Waals surface area contributed by atoms with E-state index in [-0.39, 0.29) is 51.0 Å². The van der Waals surface area contributed by atoms with E-state index in [2.05, 4.69) is 67.6 Å². The van der Waals surface area contributed by atoms with Gasteiger partial charge < -0.3 is 24.8 Å². The van der Waals surface area contributed by atoms with Crippen LogP contribution in [0.15, 0.2) is 60.2 Å². The molecule has 0 saturated heterocycles. The van der Waals surface area contributed by atoms with E-state index >= 15 is 0 Å². The standard InChI is InChI=1S/C13H9.C7H9.2ClH.Zr/c1-3-7-12-10(5-1)9-11-6-2-4-8-13(11)12;1-2-7-5-3-4-6-7;;;/h1-5,7-8H,9H2;3,6H,2,4H2,1H3;2*1H;/q2*-1;;;+2/p-2. The van der Waals surface area contributed by atoms with Crippen LogP contribution in [-0.4, -0.2) is 0 Å². The smallest absolute Gasteiger partial charge is 1.00 e. The van der Waals surface area contributed by atoms with Gasteiger partial charge in [0.25, 0.3) is 0 Å². The summed E-state index contributed by atoms with van der Waals surface area (Å²) >= 11 is 0. The number of hydrogen-bond donors (Lipinski definition) is 0. The summed E-state index contributed by atoms with van der Waals surface area (Å²) in [5.74, 6) is 0. The van der Waals surface area contributed by atoms with Crippen LogP contribution in [0, 0.1) is 12.1 Å². The van der Waals surface area contributed by atoms with E-state index in [1.54, 1.807) is 0 Å². The van der Waals surface area contributed by atoms with Crippen LogP contribution in [-0.2, 0) is 32.6 Å². The zero-order valence-electron chi connectivity index (χ0n) is 13.1. The van der Waals surface area contributed by atoms with Gasteiger partial charge in [-0.1, -0.05) is 48.7 Å². The van der Waals surface area contributed by atoms with E-state index in [1.165, 1.54) is 27.8 Å². The minimum atomic E-state index is 0. The first kappa shape index (κ1) is 22.4. The normalized spacial score (nSPS) is 12.3. The second-order valence-electron chi connectivity index (χ2n) is 5.06. The molecule has 0 N–H and O–H groups in total. The summed E-state index contributed by atoms with van der Waals surface area (Å²) in [6.07, 6.45) is 10.7. The third-order valence-electron chi connectivity index (χ3n) is 3.77. The maximum absolute atomic E-state index is 3.30. The molecule has 0 aliphatic heterocycles. The van der Waals surface area contributed by atoms with Gasteiger partial charge in [-0.05, 0) is 6.42 Å². The first-order chi connectivity index (χ1) is 9.88. The monoisotopic (exact) mass is 418 g/mol. The summed E-state index contributed by atoms with van der Waals surface area (Å²) in [5, 5.41) is 0. The summed E-state index contributed by atoms with van der Waals surface area (Å²) in [4.78, 5) is 0. The molecule has 2 aromatic carbocycles. The maximum atomic E-state index is 3.30. The fraction of sp³-hybridized carbons (Fsp3) is 0.200. The Morgan fingerprint density at radius 3 is 2.39 bits per heavy atom. The predicted molar refractivity (Wildman–Crippen MR) is 84.3 cm³/mol. The summed E-state index contributed by atoms with van der Waals surface area (Å²) in [6, 6.07) is 18.1. The summed E-state index contributed by atoms with van der Waals surface area (Å²) in [6.45, 7) is 2.15. The maximum Gasteiger partial charge on any atom is 2.00 e. The molecule has 0 atom stereocenters. The Morgan fingerprint density at radius 2 is 1.74 bits per heavy atom. The van der Waals surface area contributed by atoms with Gasteiger partial charge in [-0.25, -0.2) is 11.6 Å². The molecule has 2 aliphatic carbocycles. The molecule has 0 fully saturated rings. The van der Waals surface area contributed by atoms with E-state index in [4.69, 9.17) is 0 Å². The summed E-state index contributed by atoms with van der Waals surface area (Å²) < 4.78 is 0. The molecule has 0 nitrogen and oxygen atoms in total. The Hall–Kier alpha value is -0.617. The molecular formula is C20H18Cl2Zr-2. The Bertz CT molecular complexity index is 631. The van der Waals surface area contributed by atoms with Gasteiger partial charge in [0, 0.05) is 0 Å². The number of halogens is 2. The number of allylic oxidation sites excluding steroid dienone is 4. The second kappa shape index (κ2) is 11.0. The number of hydrogen-bond acceptors (Lipinski definition) is 0. The van der Waals surface area contributed by atoms with Crippen molar-refractivity contribution in [3.05, 3.63) is 83.5 Å². The summed E-state index contributed by atoms with van der Waals surface area (Å²) in [7, 11) is 0. The zero-order valence-corrected chi connectivity index (χ0v) is 17.0. The van der Waals surface area contributed by atoms with Gasteiger partial charge in [0.05, 0.1) is 0 Å². The van der Waals surface area contributed by atoms with Crippen LogP contribution in [0.4, 0.5) is 0 Å². The van der Waals surface area contributed by atoms with Gasteiger partial charge in [-0.2, -0.15) is 35.9 Å². The van der Waals surface area contributed by atoms with Crippen LogP contribution in [0.5, 0.6) is 0 Å². The van der Waals surface area contributed by atoms with E-state index in [1.807, 2.05) is 6.07 Å². The van der Waals surface area contributed by atoms with Crippen molar-refractivity contribution in [1.29, 1.82) is 0 Å². The molecule has 0 amide bonds. The van der Waals surface area contributed by atoms with E-state index in [0.717, 1.165) is 19.3 Å². The van der Waals surface area contributed by atoms with Crippen LogP contribution in [0.25, 0.3) is 11.1 Å². The van der Waals surface area contributed by atoms with Crippen LogP contribution in [0.3, 0.4) is 0 Å². The number of rotatable bonds is 1. The van der Waals surface area contributed by atoms with Gasteiger partial charge in [0.1, 0.15) is 0 Å². The predicted octanol–water partition coefficient (Wildman–Crippen LogP) is -0.851. The minimum Gasteiger partial charge on any atom is -1.00 e. The second-order valence-corrected chi connectivity index (χ2v) is 5.06. The van der Waals surface area contributed by atoms with Gasteiger partial charge in [-0.15, -0.1) is 12.0 Å². The van der Waals surface area contributed by atoms with Crippen molar-refractivity contribution < 1.29 is 51.0 Å². The van der Waals surface area contributed by atoms with Gasteiger partial charge in [-0.3, -0.25) is 6.08 Å². The first-order valence-corrected chi connectivity index (χ1v) is 7.23. The fourth-order valence-electron chi connectivity index (χ4n) is 2.69. The van der Waals surface area contributed by atoms with E-state index < -0.39 is 0 Å². The van der Waals surface area contributed by atoms with Crippen molar-refractivity contribution >= 4 is 0 Å². The largest absolute Gasteiger partial charge is 2.00 e. The van der Waals surface area contributed by atoms with E-state index in [0.29, 0.717) is 0 Å². The first-order valence-electron chi connectivity index (χ1n) is 7.23. The third-order valence-corrected chi connectivity index (χ3v) is 3.77. The molecule has 0 saturated carbocycles. The molecule has 0 bridgehead atoms. The molecule has 2 aliphatic rings. The van der Waals surface area contributed by atoms with Crippen LogP contribution >= 0.6 is 0 Å². The Kier molecular flexibility index (Phi) is 10.7. The van der Waals surface area contributed by atoms with Gasteiger partial charge in [0.2, 0.25) is 0 Å². The average molecular weight is 420 g/mol. The third kappa shape index (κ3) is 5.45. The Morgan fingerprint density at radius 1 is 1.00 bits per heavy atom. The van der Waals surface area contributed by atoms with E-state index in [9.17, 15) is 0 Å². The molecule has 3 heteroatoms. The molecular weight excluding hydrogens is 402 g/mol. The zero-order chi connectivity index (χ0) is 13.8. The van der Waals surface area contributed by atoms with Gasteiger partial charge >= 0.3 is 26.2 Å². The fourth-order valence-corrected chi connectivity index (χ4v) is 2.69. The van der Waals surface area contributed by atoms with Crippen molar-refractivity contribution in [2.75, 3.05) is 0 Å². The van der Waals surface area contributed by atoms with Crippen molar-refractivity contribution in [3.63, 3.8) is 0 Å². The number of fused-ring (bicyclic) bond motifs is 3. The Labute approximate surface area is 171 Å². The Balaban J connectivity index is 0.000000426. The van der Waals surface area contributed by atoms with Crippen molar-refractivity contribution in [2.45, 2.75) is 26.2 Å². The average Bonchev–Trinajstić information content (AvgIpc) is 3.15. The van der Waals surface area contributed by atoms with Crippen molar-refractivity contribution in [3.8, 4) is 11.1 Å². The van der Waals surface area contributed by atoms with Crippen LogP contribution in [0.2, 0.25) is 0 Å². The molecule has 0 spiro atoms. The quantitative estimate of drug-likeness (QED) is 0.450. The van der Waals surface area contributed by atoms with Crippen molar-refractivity contribution in [2.24, 2.45) is 0 Å². The minimum absolute atomic E-state index is 0. The summed E-state index contributed by atoms with van der Waals surface area (Å²) in [5.41, 5.74) is 6.87. The molecule has 23 heavy (non-hydrogen) atoms. The molecule has 0 heterocycles. The molecule has 4 rings (SSSR count). The van der Waals surface area contributed by atoms with Crippen molar-refractivity contribution in [1.82, 2.24) is 0 Å². The SMILES string of the molecule is CCC1=CCC=[C-]1.[Cl-].[Cl-].[Zr+2].[c-]1cccc2c1Cc1ccccc1-2. The van der Waals surface area contributed by atoms with Gasteiger partial charge in [0.15, 0.2) is 0 Å². The topological polar surface area (TPSA) is 0 Å². The molecule has 0 radical (unpaired) electrons. The molecule has 0 unspecified atom stereocenters. The molecule has 0 aromatic heterocycles.